The lowest BCUT2D eigenvalue weighted by Crippen LogP contribution is -2.33. The van der Waals surface area contributed by atoms with Crippen molar-refractivity contribution in [3.8, 4) is 39.1 Å². The van der Waals surface area contributed by atoms with Gasteiger partial charge in [-0.05, 0) is 98.2 Å². The Morgan fingerprint density at radius 3 is 1.77 bits per heavy atom. The Labute approximate surface area is 381 Å². The first kappa shape index (κ1) is 37.7. The monoisotopic (exact) mass is 844 g/mol. The minimum Gasteiger partial charge on any atom is -0.456 e. The van der Waals surface area contributed by atoms with Crippen LogP contribution in [0.2, 0.25) is 0 Å². The van der Waals surface area contributed by atoms with Crippen LogP contribution < -0.4 is 5.32 Å². The Bertz CT molecular complexity index is 3880. The molecule has 1 aliphatic rings. The van der Waals surface area contributed by atoms with Crippen molar-refractivity contribution in [1.29, 1.82) is 0 Å². The van der Waals surface area contributed by atoms with Gasteiger partial charge in [-0.25, -0.2) is 9.98 Å². The van der Waals surface area contributed by atoms with Crippen molar-refractivity contribution in [3.63, 3.8) is 0 Å². The number of hydrogen-bond acceptors (Lipinski definition) is 4. The van der Waals surface area contributed by atoms with Crippen molar-refractivity contribution in [2.24, 2.45) is 9.98 Å². The van der Waals surface area contributed by atoms with Crippen molar-refractivity contribution in [2.75, 3.05) is 0 Å². The Kier molecular flexibility index (Phi) is 8.84. The second kappa shape index (κ2) is 15.5. The molecule has 0 spiro atoms. The van der Waals surface area contributed by atoms with E-state index >= 15 is 0 Å². The van der Waals surface area contributed by atoms with Gasteiger partial charge in [0.05, 0.1) is 11.0 Å². The van der Waals surface area contributed by atoms with E-state index < -0.39 is 6.17 Å². The number of nitrogens with one attached hydrogen (secondary N) is 1. The van der Waals surface area contributed by atoms with Gasteiger partial charge in [0.1, 0.15) is 23.2 Å². The number of aliphatic imine (C=N–C) groups is 2. The van der Waals surface area contributed by atoms with Gasteiger partial charge in [0, 0.05) is 38.4 Å². The fraction of sp³-hybridized carbons (Fsp3) is 0.0164. The topological polar surface area (TPSA) is 54.8 Å². The fourth-order valence-electron chi connectivity index (χ4n) is 9.85. The van der Waals surface area contributed by atoms with Crippen LogP contribution in [0.25, 0.3) is 93.6 Å². The molecule has 0 saturated heterocycles. The Morgan fingerprint density at radius 2 is 1.02 bits per heavy atom. The van der Waals surface area contributed by atoms with Crippen LogP contribution in [0, 0.1) is 0 Å². The van der Waals surface area contributed by atoms with E-state index in [4.69, 9.17) is 14.4 Å². The van der Waals surface area contributed by atoms with E-state index in [-0.39, 0.29) is 0 Å². The van der Waals surface area contributed by atoms with Crippen molar-refractivity contribution >= 4 is 66.2 Å². The highest BCUT2D eigenvalue weighted by atomic mass is 16.3. The first-order valence-corrected chi connectivity index (χ1v) is 22.4. The summed E-state index contributed by atoms with van der Waals surface area (Å²) in [6.45, 7) is 0. The maximum atomic E-state index is 6.52. The van der Waals surface area contributed by atoms with Crippen LogP contribution in [0.3, 0.4) is 0 Å². The van der Waals surface area contributed by atoms with E-state index in [1.165, 1.54) is 32.7 Å². The van der Waals surface area contributed by atoms with Gasteiger partial charge >= 0.3 is 0 Å². The minimum absolute atomic E-state index is 0.408. The lowest BCUT2D eigenvalue weighted by molar-refractivity contribution is 0.669. The highest BCUT2D eigenvalue weighted by Crippen LogP contribution is 2.42. The molecular weight excluding hydrogens is 805 g/mol. The summed E-state index contributed by atoms with van der Waals surface area (Å²) in [5, 5.41) is 10.7. The van der Waals surface area contributed by atoms with Crippen molar-refractivity contribution in [1.82, 2.24) is 9.88 Å². The first-order chi connectivity index (χ1) is 32.7. The summed E-state index contributed by atoms with van der Waals surface area (Å²) in [4.78, 5) is 10.9. The quantitative estimate of drug-likeness (QED) is 0.174. The third kappa shape index (κ3) is 6.40. The van der Waals surface area contributed by atoms with Crippen molar-refractivity contribution in [3.05, 3.63) is 247 Å². The Morgan fingerprint density at radius 1 is 0.409 bits per heavy atom. The van der Waals surface area contributed by atoms with E-state index in [9.17, 15) is 0 Å². The summed E-state index contributed by atoms with van der Waals surface area (Å²) >= 11 is 0. The van der Waals surface area contributed by atoms with E-state index in [1.54, 1.807) is 0 Å². The number of para-hydroxylation sites is 2. The molecule has 0 radical (unpaired) electrons. The van der Waals surface area contributed by atoms with Crippen LogP contribution in [-0.4, -0.2) is 16.2 Å². The molecule has 5 heteroatoms. The number of furan rings is 1. The highest BCUT2D eigenvalue weighted by Gasteiger charge is 2.25. The second-order valence-electron chi connectivity index (χ2n) is 17.0. The first-order valence-electron chi connectivity index (χ1n) is 22.4. The van der Waals surface area contributed by atoms with Crippen LogP contribution in [0.5, 0.6) is 0 Å². The normalized spacial score (nSPS) is 13.9. The number of aromatic nitrogens is 1. The molecule has 1 unspecified atom stereocenters. The molecule has 66 heavy (non-hydrogen) atoms. The molecule has 12 aromatic rings. The van der Waals surface area contributed by atoms with Crippen molar-refractivity contribution in [2.45, 2.75) is 6.17 Å². The molecule has 0 aliphatic carbocycles. The number of hydrogen-bond donors (Lipinski definition) is 1. The summed E-state index contributed by atoms with van der Waals surface area (Å²) in [6, 6.07) is 81.8. The molecule has 0 bridgehead atoms. The number of benzene rings is 10. The largest absolute Gasteiger partial charge is 0.456 e. The number of fused-ring (bicyclic) bond motifs is 7. The van der Waals surface area contributed by atoms with Crippen LogP contribution in [-0.2, 0) is 0 Å². The van der Waals surface area contributed by atoms with E-state index in [2.05, 4.69) is 216 Å². The zero-order valence-electron chi connectivity index (χ0n) is 35.8. The molecule has 5 nitrogen and oxygen atoms in total. The minimum atomic E-state index is -0.408. The molecule has 0 amide bonds. The lowest BCUT2D eigenvalue weighted by atomic mass is 9.93. The van der Waals surface area contributed by atoms with Crippen LogP contribution >= 0.6 is 0 Å². The number of rotatable bonds is 7. The molecule has 1 aliphatic heterocycles. The van der Waals surface area contributed by atoms with Crippen LogP contribution in [0.1, 0.15) is 22.9 Å². The Hall–Kier alpha value is -8.80. The van der Waals surface area contributed by atoms with Crippen LogP contribution in [0.15, 0.2) is 245 Å². The van der Waals surface area contributed by atoms with Crippen LogP contribution in [0.4, 0.5) is 0 Å². The maximum Gasteiger partial charge on any atom is 0.160 e. The van der Waals surface area contributed by atoms with Gasteiger partial charge in [0.2, 0.25) is 0 Å². The fourth-order valence-corrected chi connectivity index (χ4v) is 9.85. The van der Waals surface area contributed by atoms with Gasteiger partial charge in [-0.1, -0.05) is 182 Å². The lowest BCUT2D eigenvalue weighted by Gasteiger charge is -2.25. The summed E-state index contributed by atoms with van der Waals surface area (Å²) in [5.41, 5.74) is 14.7. The van der Waals surface area contributed by atoms with Gasteiger partial charge in [-0.2, -0.15) is 0 Å². The van der Waals surface area contributed by atoms with E-state index in [0.29, 0.717) is 5.84 Å². The molecular formula is C61H40N4O. The summed E-state index contributed by atoms with van der Waals surface area (Å²) in [7, 11) is 0. The average molecular weight is 845 g/mol. The van der Waals surface area contributed by atoms with Gasteiger partial charge in [-0.3, -0.25) is 0 Å². The van der Waals surface area contributed by atoms with Gasteiger partial charge in [0.15, 0.2) is 5.84 Å². The predicted octanol–water partition coefficient (Wildman–Crippen LogP) is 15.3. The van der Waals surface area contributed by atoms with Gasteiger partial charge < -0.3 is 14.3 Å². The molecule has 3 heterocycles. The molecule has 1 atom stereocenters. The summed E-state index contributed by atoms with van der Waals surface area (Å²) < 4.78 is 8.92. The number of amidine groups is 2. The molecule has 13 rings (SSSR count). The third-order valence-corrected chi connectivity index (χ3v) is 13.1. The van der Waals surface area contributed by atoms with Crippen molar-refractivity contribution < 1.29 is 4.42 Å². The van der Waals surface area contributed by atoms with E-state index in [0.717, 1.165) is 83.4 Å². The molecule has 2 aromatic heterocycles. The third-order valence-electron chi connectivity index (χ3n) is 13.1. The zero-order chi connectivity index (χ0) is 43.6. The predicted molar refractivity (Wildman–Crippen MR) is 274 cm³/mol. The molecule has 10 aromatic carbocycles. The second-order valence-corrected chi connectivity index (χ2v) is 17.0. The summed E-state index contributed by atoms with van der Waals surface area (Å²) in [6.07, 6.45) is -0.408. The molecule has 310 valence electrons. The Balaban J connectivity index is 1.04. The number of nitrogens with zero attached hydrogens (tertiary/aromatic N) is 3. The maximum absolute atomic E-state index is 6.52. The smallest absolute Gasteiger partial charge is 0.160 e. The molecule has 0 fully saturated rings. The van der Waals surface area contributed by atoms with E-state index in [1.807, 2.05) is 24.3 Å². The highest BCUT2D eigenvalue weighted by molar-refractivity contribution is 6.19. The van der Waals surface area contributed by atoms with Gasteiger partial charge in [0.25, 0.3) is 0 Å². The average Bonchev–Trinajstić information content (AvgIpc) is 3.94. The summed E-state index contributed by atoms with van der Waals surface area (Å²) in [5.74, 6) is 1.40. The molecule has 0 saturated carbocycles. The zero-order valence-corrected chi connectivity index (χ0v) is 35.8. The van der Waals surface area contributed by atoms with Gasteiger partial charge in [-0.15, -0.1) is 0 Å². The SMILES string of the molecule is c1ccc(-c2ccc(C3=NC(c4ccc(-n5c6ccccc6c6cc7ccccc7cc65)cc4-c4cccc5oc6ccccc6c45)=NC(c4ccc(-c5ccccc5)cc4)N3)cc2)cc1. The standard InChI is InChI=1S/C61H40N4O/c1-3-14-39(15-4-1)41-26-30-43(31-27-41)59-62-60(44-32-28-42(29-33-44)40-16-5-2-6-17-40)64-61(63-59)50-35-34-47(38-52(50)49-22-13-25-57-58(49)51-21-10-12-24-56(51)66-57)65-54-23-11-9-20-48(54)53-36-45-18-7-8-19-46(45)37-55(53)65/h1-38,59H,(H,62,63,64). The molecule has 1 N–H and O–H groups in total.